The second-order valence-corrected chi connectivity index (χ2v) is 34.7. The molecule has 4 aromatic carbocycles. The first kappa shape index (κ1) is 38.0. The molecule has 0 nitrogen and oxygen atoms in total. The summed E-state index contributed by atoms with van der Waals surface area (Å²) in [7, 11) is 0. The molecule has 0 radical (unpaired) electrons. The Bertz CT molecular complexity index is 2110. The zero-order chi connectivity index (χ0) is 37.7. The predicted molar refractivity (Wildman–Crippen MR) is 234 cm³/mol. The maximum absolute atomic E-state index is 6.11. The second kappa shape index (κ2) is 14.6. The van der Waals surface area contributed by atoms with Crippen molar-refractivity contribution in [2.75, 3.05) is 0 Å². The van der Waals surface area contributed by atoms with Crippen LogP contribution in [0, 0.1) is 11.8 Å². The molecule has 0 N–H and O–H groups in total. The van der Waals surface area contributed by atoms with E-state index in [-0.39, 0.29) is 10.8 Å². The number of hydrogen-bond acceptors (Lipinski definition) is 0. The molecule has 0 atom stereocenters. The average molecular weight is 794 g/mol. The molecular formula is C53H66Zr. The standard InChI is InChI=1S/C33H33.2C7H13.C5H5.CH2.Zr/c1-32(2,3)30-20-26-24(18-28(30)22-13-9-7-10-14-22)17-25-19-29(23-15-11-8-12-16-23)31(21-27(25)26)33(4,5)6;2*1-7-5-3-2-4-6-7;1-2-4-5-3-1;;/h7-16,18,20-21H,17H2,1-6H3;2*7H,1-6H2;1-3H,4H2;1H2;. The molecule has 2 fully saturated rings. The fraction of sp³-hybridized carbons (Fsp3) is 0.453. The summed E-state index contributed by atoms with van der Waals surface area (Å²) in [6, 6.07) is 30.8. The molecule has 4 aliphatic rings. The maximum atomic E-state index is 6.11. The first-order valence-electron chi connectivity index (χ1n) is 21.7. The fourth-order valence-corrected chi connectivity index (χ4v) is 32.0. The molecule has 4 aliphatic carbocycles. The van der Waals surface area contributed by atoms with E-state index in [2.05, 4.69) is 139 Å². The third-order valence-electron chi connectivity index (χ3n) is 14.4. The molecular weight excluding hydrogens is 728 g/mol. The van der Waals surface area contributed by atoms with Crippen molar-refractivity contribution in [2.45, 2.75) is 138 Å². The molecule has 8 rings (SSSR count). The van der Waals surface area contributed by atoms with E-state index in [1.165, 1.54) is 117 Å². The van der Waals surface area contributed by atoms with E-state index in [1.807, 2.05) is 0 Å². The predicted octanol–water partition coefficient (Wildman–Crippen LogP) is 14.8. The van der Waals surface area contributed by atoms with Crippen molar-refractivity contribution in [1.82, 2.24) is 0 Å². The Morgan fingerprint density at radius 2 is 1.15 bits per heavy atom. The van der Waals surface area contributed by atoms with Crippen LogP contribution in [-0.4, -0.2) is 4.21 Å². The molecule has 0 amide bonds. The van der Waals surface area contributed by atoms with Gasteiger partial charge in [0.05, 0.1) is 0 Å². The van der Waals surface area contributed by atoms with Crippen LogP contribution in [0.4, 0.5) is 0 Å². The third kappa shape index (κ3) is 6.93. The Kier molecular flexibility index (Phi) is 10.2. The van der Waals surface area contributed by atoms with Crippen LogP contribution in [0.15, 0.2) is 100 Å². The SMILES string of the molecule is [CH2]=[Zr]([CH2]C1CCCCC1)([CH2]C1CCCCC1)([C]1=CC=CC1)[c]1c2c(cc(C(C)(C)C)c1-c1ccccc1)-c1cc(C(C)(C)C)c(-c3ccccc3)cc1C2. The van der Waals surface area contributed by atoms with Gasteiger partial charge in [-0.1, -0.05) is 0 Å². The van der Waals surface area contributed by atoms with Gasteiger partial charge in [0.1, 0.15) is 0 Å². The number of allylic oxidation sites excluding steroid dienone is 4. The normalized spacial score (nSPS) is 18.5. The van der Waals surface area contributed by atoms with Crippen LogP contribution in [-0.2, 0) is 35.5 Å². The van der Waals surface area contributed by atoms with Crippen LogP contribution < -0.4 is 3.27 Å². The Hall–Kier alpha value is -2.89. The van der Waals surface area contributed by atoms with Crippen molar-refractivity contribution in [2.24, 2.45) is 11.8 Å². The molecule has 0 unspecified atom stereocenters. The van der Waals surface area contributed by atoms with Gasteiger partial charge in [0.25, 0.3) is 0 Å². The summed E-state index contributed by atoms with van der Waals surface area (Å²) in [4.78, 5) is 0. The van der Waals surface area contributed by atoms with Crippen LogP contribution in [0.25, 0.3) is 33.4 Å². The molecule has 1 heteroatoms. The van der Waals surface area contributed by atoms with E-state index in [1.54, 1.807) is 17.7 Å². The molecule has 0 aliphatic heterocycles. The van der Waals surface area contributed by atoms with Crippen LogP contribution in [0.1, 0.15) is 134 Å². The van der Waals surface area contributed by atoms with E-state index in [0.29, 0.717) is 0 Å². The van der Waals surface area contributed by atoms with Gasteiger partial charge in [-0.15, -0.1) is 0 Å². The molecule has 0 heterocycles. The first-order valence-corrected chi connectivity index (χ1v) is 29.4. The van der Waals surface area contributed by atoms with Crippen molar-refractivity contribution in [1.29, 1.82) is 0 Å². The summed E-state index contributed by atoms with van der Waals surface area (Å²) < 4.78 is 12.4. The monoisotopic (exact) mass is 792 g/mol. The molecule has 0 aromatic heterocycles. The summed E-state index contributed by atoms with van der Waals surface area (Å²) in [5.74, 6) is 1.57. The van der Waals surface area contributed by atoms with E-state index >= 15 is 0 Å². The van der Waals surface area contributed by atoms with Gasteiger partial charge in [0, 0.05) is 0 Å². The minimum atomic E-state index is -4.46. The number of rotatable bonds is 8. The second-order valence-electron chi connectivity index (χ2n) is 20.3. The van der Waals surface area contributed by atoms with E-state index in [0.717, 1.165) is 24.7 Å². The van der Waals surface area contributed by atoms with Gasteiger partial charge in [0.2, 0.25) is 0 Å². The molecule has 282 valence electrons. The Morgan fingerprint density at radius 3 is 1.67 bits per heavy atom. The zero-order valence-corrected chi connectivity index (χ0v) is 37.0. The Balaban J connectivity index is 1.50. The summed E-state index contributed by atoms with van der Waals surface area (Å²) >= 11 is -4.46. The molecule has 4 aromatic rings. The molecule has 0 saturated heterocycles. The number of benzene rings is 4. The van der Waals surface area contributed by atoms with Crippen molar-refractivity contribution in [3.8, 4) is 33.4 Å². The summed E-state index contributed by atoms with van der Waals surface area (Å²) in [5.41, 5.74) is 14.9. The van der Waals surface area contributed by atoms with Gasteiger partial charge in [-0.2, -0.15) is 0 Å². The van der Waals surface area contributed by atoms with Gasteiger partial charge < -0.3 is 0 Å². The van der Waals surface area contributed by atoms with Gasteiger partial charge in [-0.3, -0.25) is 0 Å². The summed E-state index contributed by atoms with van der Waals surface area (Å²) in [5, 5.41) is 0. The Labute approximate surface area is 329 Å². The van der Waals surface area contributed by atoms with Gasteiger partial charge in [-0.25, -0.2) is 0 Å². The van der Waals surface area contributed by atoms with Crippen molar-refractivity contribution in [3.63, 3.8) is 0 Å². The van der Waals surface area contributed by atoms with Crippen molar-refractivity contribution in [3.05, 3.63) is 123 Å². The molecule has 0 bridgehead atoms. The summed E-state index contributed by atoms with van der Waals surface area (Å²) in [6.07, 6.45) is 23.6. The van der Waals surface area contributed by atoms with Crippen molar-refractivity contribution < 1.29 is 18.3 Å². The van der Waals surface area contributed by atoms with Gasteiger partial charge in [0.15, 0.2) is 0 Å². The zero-order valence-electron chi connectivity index (χ0n) is 34.5. The summed E-state index contributed by atoms with van der Waals surface area (Å²) in [6.45, 7) is 14.6. The quantitative estimate of drug-likeness (QED) is 0.147. The Morgan fingerprint density at radius 1 is 0.611 bits per heavy atom. The van der Waals surface area contributed by atoms with Gasteiger partial charge >= 0.3 is 331 Å². The van der Waals surface area contributed by atoms with Gasteiger partial charge in [-0.05, 0) is 0 Å². The van der Waals surface area contributed by atoms with E-state index in [9.17, 15) is 0 Å². The fourth-order valence-electron chi connectivity index (χ4n) is 11.9. The van der Waals surface area contributed by atoms with Crippen LogP contribution in [0.3, 0.4) is 0 Å². The average Bonchev–Trinajstić information content (AvgIpc) is 3.84. The van der Waals surface area contributed by atoms with Crippen LogP contribution >= 0.6 is 0 Å². The molecule has 2 saturated carbocycles. The van der Waals surface area contributed by atoms with Crippen LogP contribution in [0.2, 0.25) is 8.26 Å². The number of fused-ring (bicyclic) bond motifs is 3. The van der Waals surface area contributed by atoms with Crippen LogP contribution in [0.5, 0.6) is 0 Å². The van der Waals surface area contributed by atoms with Crippen molar-refractivity contribution >= 4 is 7.48 Å². The third-order valence-corrected chi connectivity index (χ3v) is 31.7. The van der Waals surface area contributed by atoms with E-state index in [4.69, 9.17) is 4.21 Å². The van der Waals surface area contributed by atoms with E-state index < -0.39 is 18.3 Å². The minimum absolute atomic E-state index is 0.0153. The first-order chi connectivity index (χ1) is 25.8. The molecule has 0 spiro atoms. The number of hydrogen-bond donors (Lipinski definition) is 0. The topological polar surface area (TPSA) is 0 Å². The molecule has 54 heavy (non-hydrogen) atoms.